The topological polar surface area (TPSA) is 80.4 Å². The predicted molar refractivity (Wildman–Crippen MR) is 102 cm³/mol. The molecular weight excluding hydrogens is 318 g/mol. The highest BCUT2D eigenvalue weighted by Crippen LogP contribution is 2.07. The van der Waals surface area contributed by atoms with E-state index in [4.69, 9.17) is 5.11 Å². The molecule has 0 spiro atoms. The van der Waals surface area contributed by atoms with E-state index in [0.29, 0.717) is 25.7 Å². The molecule has 0 radical (unpaired) electrons. The summed E-state index contributed by atoms with van der Waals surface area (Å²) in [6.45, 7) is 2.17. The number of carbonyl (C=O) groups is 1. The summed E-state index contributed by atoms with van der Waals surface area (Å²) in [5.41, 5.74) is 0.222. The minimum Gasteiger partial charge on any atom is -0.481 e. The van der Waals surface area contributed by atoms with Crippen LogP contribution in [0.15, 0.2) is 48.2 Å². The van der Waals surface area contributed by atoms with Gasteiger partial charge in [-0.1, -0.05) is 56.2 Å². The Morgan fingerprint density at radius 1 is 0.960 bits per heavy atom. The highest BCUT2D eigenvalue weighted by atomic mass is 16.6. The van der Waals surface area contributed by atoms with Gasteiger partial charge in [0.05, 0.1) is 11.3 Å². The normalized spacial score (nSPS) is 12.6. The van der Waals surface area contributed by atoms with Gasteiger partial charge in [-0.25, -0.2) is 0 Å². The molecule has 0 saturated carbocycles. The van der Waals surface area contributed by atoms with Gasteiger partial charge in [0.2, 0.25) is 5.70 Å². The molecule has 0 aliphatic heterocycles. The Hall–Kier alpha value is -2.17. The smallest absolute Gasteiger partial charge is 0.303 e. The standard InChI is InChI=1S/C20H31NO4/c1-2-3-4-5-7-10-13-16-19(21(24)25)17-14-11-8-6-9-12-15-18-20(22)23/h6-7,9-11,14,16H,2-5,8,12-13,15,17-18H2,1H3,(H,22,23)/b9-6-,10-7-,14-11-,19-16+. The molecule has 0 amide bonds. The van der Waals surface area contributed by atoms with E-state index in [0.717, 1.165) is 12.8 Å². The van der Waals surface area contributed by atoms with Crippen LogP contribution in [0.4, 0.5) is 0 Å². The van der Waals surface area contributed by atoms with Crippen LogP contribution < -0.4 is 0 Å². The first-order valence-electron chi connectivity index (χ1n) is 9.08. The van der Waals surface area contributed by atoms with Gasteiger partial charge < -0.3 is 5.11 Å². The summed E-state index contributed by atoms with van der Waals surface area (Å²) >= 11 is 0. The molecular formula is C20H31NO4. The van der Waals surface area contributed by atoms with Gasteiger partial charge in [-0.15, -0.1) is 0 Å². The molecule has 0 aromatic rings. The average Bonchev–Trinajstić information content (AvgIpc) is 2.57. The van der Waals surface area contributed by atoms with Gasteiger partial charge in [0.1, 0.15) is 0 Å². The molecule has 0 aromatic heterocycles. The second kappa shape index (κ2) is 16.7. The average molecular weight is 349 g/mol. The molecule has 0 aliphatic carbocycles. The molecule has 0 unspecified atom stereocenters. The molecule has 5 nitrogen and oxygen atoms in total. The lowest BCUT2D eigenvalue weighted by molar-refractivity contribution is -0.427. The first kappa shape index (κ1) is 22.8. The maximum atomic E-state index is 11.0. The van der Waals surface area contributed by atoms with Crippen molar-refractivity contribution in [2.75, 3.05) is 0 Å². The lowest BCUT2D eigenvalue weighted by Crippen LogP contribution is -1.97. The summed E-state index contributed by atoms with van der Waals surface area (Å²) < 4.78 is 0. The van der Waals surface area contributed by atoms with Crippen molar-refractivity contribution in [3.05, 3.63) is 58.3 Å². The number of carboxylic acids is 1. The van der Waals surface area contributed by atoms with Crippen LogP contribution in [0.1, 0.15) is 71.1 Å². The summed E-state index contributed by atoms with van der Waals surface area (Å²) in [4.78, 5) is 21.0. The molecule has 5 heteroatoms. The highest BCUT2D eigenvalue weighted by Gasteiger charge is 2.06. The molecule has 0 aliphatic rings. The Bertz CT molecular complexity index is 490. The zero-order chi connectivity index (χ0) is 18.8. The molecule has 0 rings (SSSR count). The predicted octanol–water partition coefficient (Wildman–Crippen LogP) is 5.82. The van der Waals surface area contributed by atoms with Crippen molar-refractivity contribution in [3.63, 3.8) is 0 Å². The number of nitrogens with zero attached hydrogens (tertiary/aromatic N) is 1. The maximum Gasteiger partial charge on any atom is 0.303 e. The summed E-state index contributed by atoms with van der Waals surface area (Å²) in [5, 5.41) is 19.5. The maximum absolute atomic E-state index is 11.0. The fourth-order valence-corrected chi connectivity index (χ4v) is 2.13. The Labute approximate surface area is 151 Å². The van der Waals surface area contributed by atoms with E-state index >= 15 is 0 Å². The van der Waals surface area contributed by atoms with Gasteiger partial charge in [-0.05, 0) is 44.6 Å². The van der Waals surface area contributed by atoms with Crippen LogP contribution >= 0.6 is 0 Å². The fourth-order valence-electron chi connectivity index (χ4n) is 2.13. The highest BCUT2D eigenvalue weighted by molar-refractivity contribution is 5.66. The number of unbranched alkanes of at least 4 members (excludes halogenated alkanes) is 4. The minimum absolute atomic E-state index is 0.185. The molecule has 0 fully saturated rings. The van der Waals surface area contributed by atoms with Gasteiger partial charge >= 0.3 is 5.97 Å². The van der Waals surface area contributed by atoms with E-state index in [1.165, 1.54) is 19.3 Å². The molecule has 0 saturated heterocycles. The van der Waals surface area contributed by atoms with E-state index in [1.807, 2.05) is 24.3 Å². The summed E-state index contributed by atoms with van der Waals surface area (Å²) in [6, 6.07) is 0. The van der Waals surface area contributed by atoms with Crippen molar-refractivity contribution >= 4 is 5.97 Å². The van der Waals surface area contributed by atoms with Gasteiger partial charge in [-0.2, -0.15) is 0 Å². The monoisotopic (exact) mass is 349 g/mol. The molecule has 0 bridgehead atoms. The number of hydrogen-bond donors (Lipinski definition) is 1. The van der Waals surface area contributed by atoms with E-state index in [-0.39, 0.29) is 17.0 Å². The number of carboxylic acid groups (broad SMARTS) is 1. The third-order valence-corrected chi connectivity index (χ3v) is 3.56. The fraction of sp³-hybridized carbons (Fsp3) is 0.550. The summed E-state index contributed by atoms with van der Waals surface area (Å²) in [7, 11) is 0. The summed E-state index contributed by atoms with van der Waals surface area (Å²) in [5.74, 6) is -0.775. The van der Waals surface area contributed by atoms with Gasteiger partial charge in [0, 0.05) is 6.42 Å². The lowest BCUT2D eigenvalue weighted by Gasteiger charge is -1.94. The van der Waals surface area contributed by atoms with Gasteiger partial charge in [-0.3, -0.25) is 14.9 Å². The van der Waals surface area contributed by atoms with Gasteiger partial charge in [0.25, 0.3) is 0 Å². The number of nitro groups is 1. The van der Waals surface area contributed by atoms with Crippen molar-refractivity contribution in [1.82, 2.24) is 0 Å². The van der Waals surface area contributed by atoms with Crippen LogP contribution in [0.25, 0.3) is 0 Å². The van der Waals surface area contributed by atoms with Crippen LogP contribution in [-0.2, 0) is 4.79 Å². The van der Waals surface area contributed by atoms with Crippen molar-refractivity contribution in [1.29, 1.82) is 0 Å². The Morgan fingerprint density at radius 2 is 1.60 bits per heavy atom. The number of allylic oxidation sites excluding steroid dienone is 7. The van der Waals surface area contributed by atoms with Crippen LogP contribution in [-0.4, -0.2) is 16.0 Å². The zero-order valence-corrected chi connectivity index (χ0v) is 15.2. The third kappa shape index (κ3) is 16.5. The van der Waals surface area contributed by atoms with Crippen LogP contribution in [0.5, 0.6) is 0 Å². The van der Waals surface area contributed by atoms with Gasteiger partial charge in [0.15, 0.2) is 0 Å². The van der Waals surface area contributed by atoms with Crippen molar-refractivity contribution in [2.24, 2.45) is 0 Å². The van der Waals surface area contributed by atoms with Crippen LogP contribution in [0, 0.1) is 10.1 Å². The van der Waals surface area contributed by atoms with E-state index < -0.39 is 5.97 Å². The molecule has 0 heterocycles. The van der Waals surface area contributed by atoms with Crippen molar-refractivity contribution < 1.29 is 14.8 Å². The number of hydrogen-bond acceptors (Lipinski definition) is 3. The Kier molecular flexibility index (Phi) is 15.2. The molecule has 25 heavy (non-hydrogen) atoms. The van der Waals surface area contributed by atoms with Crippen molar-refractivity contribution in [2.45, 2.75) is 71.1 Å². The second-order valence-corrected chi connectivity index (χ2v) is 5.82. The van der Waals surface area contributed by atoms with Crippen molar-refractivity contribution in [3.8, 4) is 0 Å². The molecule has 0 atom stereocenters. The first-order chi connectivity index (χ1) is 12.1. The molecule has 0 aromatic carbocycles. The Balaban J connectivity index is 4.01. The number of aliphatic carboxylic acids is 1. The Morgan fingerprint density at radius 3 is 2.24 bits per heavy atom. The number of rotatable bonds is 15. The van der Waals surface area contributed by atoms with Crippen LogP contribution in [0.2, 0.25) is 0 Å². The second-order valence-electron chi connectivity index (χ2n) is 5.82. The zero-order valence-electron chi connectivity index (χ0n) is 15.2. The molecule has 140 valence electrons. The van der Waals surface area contributed by atoms with E-state index in [2.05, 4.69) is 13.0 Å². The van der Waals surface area contributed by atoms with E-state index in [1.54, 1.807) is 12.2 Å². The van der Waals surface area contributed by atoms with Crippen LogP contribution in [0.3, 0.4) is 0 Å². The van der Waals surface area contributed by atoms with E-state index in [9.17, 15) is 14.9 Å². The summed E-state index contributed by atoms with van der Waals surface area (Å²) in [6.07, 6.45) is 21.2. The SMILES string of the molecule is CCCCC/C=C\C/C=C(\C/C=C\C/C=C\CCCC(=O)O)[N+](=O)[O-]. The minimum atomic E-state index is -0.775. The quantitative estimate of drug-likeness (QED) is 0.175. The lowest BCUT2D eigenvalue weighted by atomic mass is 10.2. The third-order valence-electron chi connectivity index (χ3n) is 3.56. The molecule has 1 N–H and O–H groups in total. The first-order valence-corrected chi connectivity index (χ1v) is 9.08. The largest absolute Gasteiger partial charge is 0.481 e.